The lowest BCUT2D eigenvalue weighted by atomic mass is 10.1. The summed E-state index contributed by atoms with van der Waals surface area (Å²) in [6.07, 6.45) is 1.41. The van der Waals surface area contributed by atoms with Crippen LogP contribution in [0.15, 0.2) is 52.4 Å². The molecule has 1 amide bonds. The fourth-order valence-corrected chi connectivity index (χ4v) is 2.41. The second-order valence-corrected chi connectivity index (χ2v) is 5.85. The molecule has 0 aliphatic heterocycles. The van der Waals surface area contributed by atoms with E-state index in [0.29, 0.717) is 11.0 Å². The highest BCUT2D eigenvalue weighted by atomic mass is 16.2. The zero-order chi connectivity index (χ0) is 17.8. The minimum Gasteiger partial charge on any atom is -0.319 e. The molecule has 1 aromatic heterocycles. The number of hydrazone groups is 1. The van der Waals surface area contributed by atoms with Gasteiger partial charge in [0, 0.05) is 0 Å². The maximum Gasteiger partial charge on any atom is 0.270 e. The summed E-state index contributed by atoms with van der Waals surface area (Å²) in [5, 5.41) is 3.89. The summed E-state index contributed by atoms with van der Waals surface area (Å²) in [5.41, 5.74) is 6.57. The maximum absolute atomic E-state index is 12.1. The fourth-order valence-electron chi connectivity index (χ4n) is 2.41. The smallest absolute Gasteiger partial charge is 0.270 e. The Kier molecular flexibility index (Phi) is 4.70. The lowest BCUT2D eigenvalue weighted by Crippen LogP contribution is -2.25. The van der Waals surface area contributed by atoms with E-state index < -0.39 is 5.91 Å². The number of carbonyl (C=O) groups is 1. The number of carbonyl (C=O) groups excluding carboxylic acids is 1. The number of hydrogen-bond acceptors (Lipinski definition) is 4. The third-order valence-electron chi connectivity index (χ3n) is 3.91. The van der Waals surface area contributed by atoms with Gasteiger partial charge in [0.25, 0.3) is 5.56 Å². The molecular formula is C19H18N4O2. The average Bonchev–Trinajstić information content (AvgIpc) is 2.58. The van der Waals surface area contributed by atoms with Crippen molar-refractivity contribution in [3.63, 3.8) is 0 Å². The molecule has 0 aliphatic rings. The number of fused-ring (bicyclic) bond motifs is 1. The molecule has 1 heterocycles. The molecule has 6 heteroatoms. The fraction of sp³-hybridized carbons (Fsp3) is 0.158. The zero-order valence-electron chi connectivity index (χ0n) is 14.0. The van der Waals surface area contributed by atoms with Gasteiger partial charge in [0.1, 0.15) is 5.69 Å². The van der Waals surface area contributed by atoms with Crippen LogP contribution in [0.2, 0.25) is 0 Å². The van der Waals surface area contributed by atoms with Gasteiger partial charge in [0.2, 0.25) is 5.91 Å². The lowest BCUT2D eigenvalue weighted by molar-refractivity contribution is -0.120. The highest BCUT2D eigenvalue weighted by Gasteiger charge is 2.10. The summed E-state index contributed by atoms with van der Waals surface area (Å²) in [5.74, 6) is -0.395. The molecule has 0 spiro atoms. The Morgan fingerprint density at radius 3 is 2.68 bits per heavy atom. The summed E-state index contributed by atoms with van der Waals surface area (Å²) in [7, 11) is 0. The molecule has 2 aromatic carbocycles. The first-order chi connectivity index (χ1) is 12.0. The van der Waals surface area contributed by atoms with E-state index >= 15 is 0 Å². The highest BCUT2D eigenvalue weighted by molar-refractivity contribution is 5.83. The number of nitrogens with zero attached hydrogens (tertiary/aromatic N) is 2. The van der Waals surface area contributed by atoms with Gasteiger partial charge in [-0.2, -0.15) is 5.10 Å². The highest BCUT2D eigenvalue weighted by Crippen LogP contribution is 2.14. The summed E-state index contributed by atoms with van der Waals surface area (Å²) in [6.45, 7) is 3.95. The van der Waals surface area contributed by atoms with Crippen LogP contribution in [0.25, 0.3) is 11.0 Å². The Bertz CT molecular complexity index is 1010. The van der Waals surface area contributed by atoms with Crippen LogP contribution < -0.4 is 11.0 Å². The number of amides is 1. The number of aromatic nitrogens is 2. The number of rotatable bonds is 4. The third-order valence-corrected chi connectivity index (χ3v) is 3.91. The average molecular weight is 334 g/mol. The molecule has 126 valence electrons. The zero-order valence-corrected chi connectivity index (χ0v) is 14.0. The molecule has 25 heavy (non-hydrogen) atoms. The molecule has 3 rings (SSSR count). The Morgan fingerprint density at radius 2 is 1.92 bits per heavy atom. The van der Waals surface area contributed by atoms with Crippen molar-refractivity contribution in [2.24, 2.45) is 5.10 Å². The van der Waals surface area contributed by atoms with E-state index in [-0.39, 0.29) is 17.7 Å². The Morgan fingerprint density at radius 1 is 1.20 bits per heavy atom. The van der Waals surface area contributed by atoms with E-state index in [1.165, 1.54) is 0 Å². The summed E-state index contributed by atoms with van der Waals surface area (Å²) in [4.78, 5) is 31.2. The van der Waals surface area contributed by atoms with Gasteiger partial charge in [-0.25, -0.2) is 10.4 Å². The van der Waals surface area contributed by atoms with Crippen molar-refractivity contribution in [2.45, 2.75) is 20.3 Å². The Balaban J connectivity index is 1.74. The van der Waals surface area contributed by atoms with Crippen molar-refractivity contribution >= 4 is 23.2 Å². The predicted octanol–water partition coefficient (Wildman–Crippen LogP) is 2.23. The van der Waals surface area contributed by atoms with Gasteiger partial charge in [0.15, 0.2) is 0 Å². The molecule has 3 aromatic rings. The molecule has 0 unspecified atom stereocenters. The molecule has 0 bridgehead atoms. The van der Waals surface area contributed by atoms with Crippen LogP contribution in [0.4, 0.5) is 0 Å². The van der Waals surface area contributed by atoms with Crippen molar-refractivity contribution in [3.05, 3.63) is 75.2 Å². The molecule has 2 N–H and O–H groups in total. The molecule has 0 aliphatic carbocycles. The number of benzene rings is 2. The van der Waals surface area contributed by atoms with E-state index in [1.807, 2.05) is 56.3 Å². The number of nitrogens with one attached hydrogen (secondary N) is 2. The molecular weight excluding hydrogens is 316 g/mol. The number of hydrogen-bond donors (Lipinski definition) is 2. The van der Waals surface area contributed by atoms with Crippen molar-refractivity contribution in [1.29, 1.82) is 0 Å². The lowest BCUT2D eigenvalue weighted by Gasteiger charge is -2.05. The minimum absolute atomic E-state index is 0.135. The molecule has 6 nitrogen and oxygen atoms in total. The number of aryl methyl sites for hydroxylation is 2. The van der Waals surface area contributed by atoms with Crippen LogP contribution in [0.1, 0.15) is 22.4 Å². The second-order valence-electron chi connectivity index (χ2n) is 5.85. The largest absolute Gasteiger partial charge is 0.319 e. The van der Waals surface area contributed by atoms with Crippen molar-refractivity contribution in [2.75, 3.05) is 0 Å². The van der Waals surface area contributed by atoms with Crippen LogP contribution in [0, 0.1) is 13.8 Å². The van der Waals surface area contributed by atoms with E-state index in [1.54, 1.807) is 6.21 Å². The SMILES string of the molecule is Cc1cc2nc(CC(=O)NN=Cc3ccccc3)c(=O)[nH]c2cc1C. The van der Waals surface area contributed by atoms with Crippen LogP contribution in [0.5, 0.6) is 0 Å². The first-order valence-electron chi connectivity index (χ1n) is 7.90. The van der Waals surface area contributed by atoms with Gasteiger partial charge in [-0.05, 0) is 42.7 Å². The predicted molar refractivity (Wildman–Crippen MR) is 97.7 cm³/mol. The van der Waals surface area contributed by atoms with Crippen LogP contribution >= 0.6 is 0 Å². The molecule has 0 atom stereocenters. The van der Waals surface area contributed by atoms with Gasteiger partial charge in [-0.15, -0.1) is 0 Å². The second kappa shape index (κ2) is 7.09. The van der Waals surface area contributed by atoms with Crippen LogP contribution in [0.3, 0.4) is 0 Å². The van der Waals surface area contributed by atoms with Crippen LogP contribution in [-0.4, -0.2) is 22.1 Å². The van der Waals surface area contributed by atoms with E-state index in [4.69, 9.17) is 0 Å². The van der Waals surface area contributed by atoms with Gasteiger partial charge in [0.05, 0.1) is 23.7 Å². The summed E-state index contributed by atoms with van der Waals surface area (Å²) in [6, 6.07) is 13.2. The first kappa shape index (κ1) is 16.6. The Labute approximate surface area is 144 Å². The molecule has 0 saturated carbocycles. The minimum atomic E-state index is -0.395. The first-order valence-corrected chi connectivity index (χ1v) is 7.90. The standard InChI is InChI=1S/C19H18N4O2/c1-12-8-15-16(9-13(12)2)22-19(25)17(21-15)10-18(24)23-20-11-14-6-4-3-5-7-14/h3-9,11H,10H2,1-2H3,(H,22,25)(H,23,24). The van der Waals surface area contributed by atoms with E-state index in [2.05, 4.69) is 20.5 Å². The topological polar surface area (TPSA) is 87.2 Å². The molecule has 0 radical (unpaired) electrons. The third kappa shape index (κ3) is 3.98. The number of aromatic amines is 1. The summed E-state index contributed by atoms with van der Waals surface area (Å²) < 4.78 is 0. The van der Waals surface area contributed by atoms with Crippen molar-refractivity contribution < 1.29 is 4.79 Å². The van der Waals surface area contributed by atoms with Crippen LogP contribution in [-0.2, 0) is 11.2 Å². The van der Waals surface area contributed by atoms with Gasteiger partial charge in [-0.3, -0.25) is 9.59 Å². The summed E-state index contributed by atoms with van der Waals surface area (Å²) >= 11 is 0. The van der Waals surface area contributed by atoms with Crippen molar-refractivity contribution in [1.82, 2.24) is 15.4 Å². The Hall–Kier alpha value is -3.28. The maximum atomic E-state index is 12.1. The van der Waals surface area contributed by atoms with Gasteiger partial charge in [-0.1, -0.05) is 30.3 Å². The monoisotopic (exact) mass is 334 g/mol. The molecule has 0 fully saturated rings. The normalized spacial score (nSPS) is 11.1. The van der Waals surface area contributed by atoms with Gasteiger partial charge < -0.3 is 4.98 Å². The van der Waals surface area contributed by atoms with Crippen molar-refractivity contribution in [3.8, 4) is 0 Å². The molecule has 0 saturated heterocycles. The van der Waals surface area contributed by atoms with E-state index in [9.17, 15) is 9.59 Å². The van der Waals surface area contributed by atoms with E-state index in [0.717, 1.165) is 16.7 Å². The number of H-pyrrole nitrogens is 1. The van der Waals surface area contributed by atoms with Gasteiger partial charge >= 0.3 is 0 Å². The quantitative estimate of drug-likeness (QED) is 0.566.